The maximum Gasteiger partial charge on any atom is 0.191 e. The lowest BCUT2D eigenvalue weighted by Crippen LogP contribution is -2.42. The van der Waals surface area contributed by atoms with Crippen LogP contribution in [0.3, 0.4) is 0 Å². The zero-order chi connectivity index (χ0) is 22.4. The number of ether oxygens (including phenoxy) is 2. The first-order chi connectivity index (χ1) is 15.1. The molecule has 2 aliphatic rings. The largest absolute Gasteiger partial charge is 0.493 e. The molecule has 0 spiro atoms. The van der Waals surface area contributed by atoms with E-state index >= 15 is 0 Å². The van der Waals surface area contributed by atoms with Gasteiger partial charge in [-0.3, -0.25) is 0 Å². The van der Waals surface area contributed by atoms with Crippen molar-refractivity contribution in [1.82, 2.24) is 0 Å². The number of nitrogens with two attached hydrogens (primary N) is 1. The first kappa shape index (κ1) is 22.3. The van der Waals surface area contributed by atoms with Crippen molar-refractivity contribution in [2.24, 2.45) is 17.1 Å². The summed E-state index contributed by atoms with van der Waals surface area (Å²) in [5, 5.41) is 30.0. The molecule has 0 saturated heterocycles. The minimum Gasteiger partial charge on any atom is -0.493 e. The van der Waals surface area contributed by atoms with Gasteiger partial charge in [0.2, 0.25) is 0 Å². The Bertz CT molecular complexity index is 1010. The highest BCUT2D eigenvalue weighted by Gasteiger charge is 2.53. The summed E-state index contributed by atoms with van der Waals surface area (Å²) in [6, 6.07) is 12.1. The molecule has 2 aliphatic carbocycles. The first-order valence-corrected chi connectivity index (χ1v) is 10.8. The van der Waals surface area contributed by atoms with E-state index < -0.39 is 11.3 Å². The molecular weight excluding hydrogens is 388 g/mol. The van der Waals surface area contributed by atoms with Crippen LogP contribution < -0.4 is 15.2 Å². The molecule has 0 heterocycles. The lowest BCUT2D eigenvalue weighted by Gasteiger charge is -2.43. The third-order valence-corrected chi connectivity index (χ3v) is 6.35. The SMILES string of the molecule is CCCCCOc1ccc([C@@H]2[C@H]3CCCC=C3C(C#N)=C(N)C2(C#N)C#N)cc1OC. The second-order valence-corrected chi connectivity index (χ2v) is 8.07. The molecule has 0 radical (unpaired) electrons. The van der Waals surface area contributed by atoms with E-state index in [2.05, 4.69) is 25.1 Å². The third-order valence-electron chi connectivity index (χ3n) is 6.35. The van der Waals surface area contributed by atoms with Crippen LogP contribution in [0, 0.1) is 45.3 Å². The monoisotopic (exact) mass is 416 g/mol. The summed E-state index contributed by atoms with van der Waals surface area (Å²) in [5.74, 6) is 0.581. The maximum absolute atomic E-state index is 10.1. The molecule has 0 aliphatic heterocycles. The molecule has 6 nitrogen and oxygen atoms in total. The summed E-state index contributed by atoms with van der Waals surface area (Å²) in [6.07, 6.45) is 7.79. The summed E-state index contributed by atoms with van der Waals surface area (Å²) >= 11 is 0. The summed E-state index contributed by atoms with van der Waals surface area (Å²) < 4.78 is 11.5. The van der Waals surface area contributed by atoms with Crippen molar-refractivity contribution in [1.29, 1.82) is 15.8 Å². The summed E-state index contributed by atoms with van der Waals surface area (Å²) in [4.78, 5) is 0. The van der Waals surface area contributed by atoms with Crippen molar-refractivity contribution < 1.29 is 9.47 Å². The van der Waals surface area contributed by atoms with Crippen LogP contribution in [-0.2, 0) is 0 Å². The van der Waals surface area contributed by atoms with Crippen molar-refractivity contribution in [3.05, 3.63) is 46.7 Å². The Morgan fingerprint density at radius 2 is 1.94 bits per heavy atom. The lowest BCUT2D eigenvalue weighted by molar-refractivity contribution is 0.283. The van der Waals surface area contributed by atoms with Crippen LogP contribution in [0.25, 0.3) is 0 Å². The van der Waals surface area contributed by atoms with Gasteiger partial charge in [0.05, 0.1) is 37.1 Å². The Labute approximate surface area is 184 Å². The average molecular weight is 417 g/mol. The van der Waals surface area contributed by atoms with E-state index in [1.807, 2.05) is 24.3 Å². The fourth-order valence-corrected chi connectivity index (χ4v) is 4.78. The number of hydrogen-bond donors (Lipinski definition) is 1. The molecule has 0 aromatic heterocycles. The second-order valence-electron chi connectivity index (χ2n) is 8.07. The molecule has 2 N–H and O–H groups in total. The van der Waals surface area contributed by atoms with Gasteiger partial charge in [-0.2, -0.15) is 15.8 Å². The van der Waals surface area contributed by atoms with Crippen molar-refractivity contribution in [3.63, 3.8) is 0 Å². The number of unbranched alkanes of at least 4 members (excludes halogenated alkanes) is 2. The molecule has 1 aromatic carbocycles. The quantitative estimate of drug-likeness (QED) is 0.635. The van der Waals surface area contributed by atoms with Crippen LogP contribution in [-0.4, -0.2) is 13.7 Å². The summed E-state index contributed by atoms with van der Waals surface area (Å²) in [7, 11) is 1.58. The number of rotatable bonds is 7. The Hall–Kier alpha value is -3.43. The highest BCUT2D eigenvalue weighted by atomic mass is 16.5. The number of hydrogen-bond acceptors (Lipinski definition) is 6. The van der Waals surface area contributed by atoms with Crippen LogP contribution in [0.5, 0.6) is 11.5 Å². The predicted octanol–water partition coefficient (Wildman–Crippen LogP) is 4.86. The van der Waals surface area contributed by atoms with Gasteiger partial charge in [-0.15, -0.1) is 0 Å². The van der Waals surface area contributed by atoms with Gasteiger partial charge in [-0.1, -0.05) is 31.9 Å². The molecule has 0 amide bonds. The topological polar surface area (TPSA) is 116 Å². The molecule has 2 atom stereocenters. The van der Waals surface area contributed by atoms with E-state index in [1.54, 1.807) is 7.11 Å². The van der Waals surface area contributed by atoms with Gasteiger partial charge in [-0.05, 0) is 54.9 Å². The molecule has 31 heavy (non-hydrogen) atoms. The maximum atomic E-state index is 10.1. The second kappa shape index (κ2) is 9.59. The molecule has 0 fully saturated rings. The molecule has 0 unspecified atom stereocenters. The minimum atomic E-state index is -1.61. The van der Waals surface area contributed by atoms with Crippen molar-refractivity contribution in [3.8, 4) is 29.7 Å². The normalized spacial score (nSPS) is 21.7. The Morgan fingerprint density at radius 3 is 2.58 bits per heavy atom. The molecule has 0 bridgehead atoms. The minimum absolute atomic E-state index is 0.0493. The third kappa shape index (κ3) is 3.85. The van der Waals surface area contributed by atoms with Gasteiger partial charge in [-0.25, -0.2) is 0 Å². The molecule has 0 saturated carbocycles. The van der Waals surface area contributed by atoms with Crippen LogP contribution in [0.1, 0.15) is 56.9 Å². The number of nitrogens with zero attached hydrogens (tertiary/aromatic N) is 3. The van der Waals surface area contributed by atoms with Crippen molar-refractivity contribution >= 4 is 0 Å². The highest BCUT2D eigenvalue weighted by Crippen LogP contribution is 2.56. The smallest absolute Gasteiger partial charge is 0.191 e. The number of nitriles is 3. The zero-order valence-electron chi connectivity index (χ0n) is 18.1. The van der Waals surface area contributed by atoms with Crippen molar-refractivity contribution in [2.75, 3.05) is 13.7 Å². The number of methoxy groups -OCH3 is 1. The van der Waals surface area contributed by atoms with Crippen LogP contribution >= 0.6 is 0 Å². The first-order valence-electron chi connectivity index (χ1n) is 10.8. The molecular formula is C25H28N4O2. The summed E-state index contributed by atoms with van der Waals surface area (Å²) in [6.45, 7) is 2.74. The predicted molar refractivity (Wildman–Crippen MR) is 117 cm³/mol. The van der Waals surface area contributed by atoms with Gasteiger partial charge >= 0.3 is 0 Å². The van der Waals surface area contributed by atoms with Gasteiger partial charge in [0.15, 0.2) is 16.9 Å². The lowest BCUT2D eigenvalue weighted by atomic mass is 9.57. The van der Waals surface area contributed by atoms with Gasteiger partial charge < -0.3 is 15.2 Å². The zero-order valence-corrected chi connectivity index (χ0v) is 18.1. The average Bonchev–Trinajstić information content (AvgIpc) is 2.81. The standard InChI is InChI=1S/C25H28N4O2/c1-3-4-7-12-31-21-11-10-17(13-22(21)30-2)23-19-9-6-5-8-18(19)20(14-26)24(29)25(23,15-27)16-28/h8,10-11,13,19,23H,3-7,9,12,29H2,1-2H3/t19-,23+/m0/s1. The molecule has 3 rings (SSSR count). The Balaban J connectivity index is 2.10. The summed E-state index contributed by atoms with van der Waals surface area (Å²) in [5.41, 5.74) is 6.70. The van der Waals surface area contributed by atoms with E-state index in [4.69, 9.17) is 15.2 Å². The van der Waals surface area contributed by atoms with E-state index in [0.29, 0.717) is 18.1 Å². The molecule has 160 valence electrons. The fourth-order valence-electron chi connectivity index (χ4n) is 4.78. The molecule has 1 aromatic rings. The van der Waals surface area contributed by atoms with Crippen LogP contribution in [0.4, 0.5) is 0 Å². The van der Waals surface area contributed by atoms with Crippen LogP contribution in [0.15, 0.2) is 41.1 Å². The molecule has 6 heteroatoms. The van der Waals surface area contributed by atoms with Crippen molar-refractivity contribution in [2.45, 2.75) is 51.4 Å². The van der Waals surface area contributed by atoms with Gasteiger partial charge in [0.1, 0.15) is 6.07 Å². The van der Waals surface area contributed by atoms with E-state index in [9.17, 15) is 15.8 Å². The van der Waals surface area contributed by atoms with Crippen LogP contribution in [0.2, 0.25) is 0 Å². The van der Waals surface area contributed by atoms with Gasteiger partial charge in [0.25, 0.3) is 0 Å². The highest BCUT2D eigenvalue weighted by molar-refractivity contribution is 5.60. The number of fused-ring (bicyclic) bond motifs is 1. The van der Waals surface area contributed by atoms with E-state index in [1.165, 1.54) is 0 Å². The Morgan fingerprint density at radius 1 is 1.16 bits per heavy atom. The number of allylic oxidation sites excluding steroid dienone is 4. The number of benzene rings is 1. The van der Waals surface area contributed by atoms with E-state index in [-0.39, 0.29) is 17.2 Å². The van der Waals surface area contributed by atoms with E-state index in [0.717, 1.165) is 49.7 Å². The Kier molecular flexibility index (Phi) is 6.88. The van der Waals surface area contributed by atoms with Gasteiger partial charge in [0, 0.05) is 5.92 Å². The fraction of sp³-hybridized carbons (Fsp3) is 0.480.